The van der Waals surface area contributed by atoms with E-state index in [0.29, 0.717) is 19.3 Å². The first-order valence-electron chi connectivity index (χ1n) is 24.6. The molecule has 0 rings (SSSR count). The Labute approximate surface area is 358 Å². The molecule has 58 heavy (non-hydrogen) atoms. The lowest BCUT2D eigenvalue weighted by atomic mass is 10.1. The monoisotopic (exact) mass is 813 g/mol. The van der Waals surface area contributed by atoms with Crippen molar-refractivity contribution >= 4 is 17.9 Å². The van der Waals surface area contributed by atoms with E-state index in [2.05, 4.69) is 69.4 Å². The third kappa shape index (κ3) is 44.5. The highest BCUT2D eigenvalue weighted by atomic mass is 16.6. The number of hydrogen-bond donors (Lipinski definition) is 0. The first-order valence-corrected chi connectivity index (χ1v) is 24.6. The van der Waals surface area contributed by atoms with Crippen LogP contribution in [0.25, 0.3) is 0 Å². The van der Waals surface area contributed by atoms with Crippen molar-refractivity contribution in [3.05, 3.63) is 48.6 Å². The number of carbonyl (C=O) groups is 3. The van der Waals surface area contributed by atoms with Crippen LogP contribution in [0.5, 0.6) is 0 Å². The summed E-state index contributed by atoms with van der Waals surface area (Å²) in [5.74, 6) is -0.899. The summed E-state index contributed by atoms with van der Waals surface area (Å²) >= 11 is 0. The molecule has 0 N–H and O–H groups in total. The fraction of sp³-hybridized carbons (Fsp3) is 0.788. The Hall–Kier alpha value is -2.63. The molecule has 0 aliphatic heterocycles. The molecule has 0 saturated carbocycles. The molecule has 1 unspecified atom stereocenters. The molecule has 0 radical (unpaired) electrons. The first kappa shape index (κ1) is 55.4. The van der Waals surface area contributed by atoms with Gasteiger partial charge in [-0.3, -0.25) is 14.4 Å². The molecule has 0 aliphatic carbocycles. The quantitative estimate of drug-likeness (QED) is 0.0264. The molecule has 0 heterocycles. The zero-order chi connectivity index (χ0) is 42.3. The summed E-state index contributed by atoms with van der Waals surface area (Å²) in [7, 11) is 0. The van der Waals surface area contributed by atoms with Gasteiger partial charge in [-0.1, -0.05) is 198 Å². The predicted octanol–water partition coefficient (Wildman–Crippen LogP) is 15.9. The standard InChI is InChI=1S/C52H92O6/c1-4-7-10-13-16-19-21-23-24-25-26-27-28-30-31-33-36-39-42-45-51(54)57-48-49(47-56-50(53)44-41-38-35-18-15-12-9-6-3)58-52(55)46-43-40-37-34-32-29-22-20-17-14-11-8-5-2/h11,14,16,19-20,22-24,49H,4-10,12-13,15,17-18,21,25-48H2,1-3H3/b14-11-,19-16-,22-20-,24-23-. The minimum atomic E-state index is -0.777. The van der Waals surface area contributed by atoms with Crippen molar-refractivity contribution in [1.82, 2.24) is 0 Å². The summed E-state index contributed by atoms with van der Waals surface area (Å²) < 4.78 is 16.7. The van der Waals surface area contributed by atoms with Gasteiger partial charge in [0.2, 0.25) is 0 Å². The maximum absolute atomic E-state index is 12.7. The van der Waals surface area contributed by atoms with Gasteiger partial charge in [-0.05, 0) is 77.0 Å². The van der Waals surface area contributed by atoms with E-state index in [0.717, 1.165) is 96.3 Å². The highest BCUT2D eigenvalue weighted by molar-refractivity contribution is 5.71. The normalized spacial score (nSPS) is 12.4. The number of rotatable bonds is 44. The van der Waals surface area contributed by atoms with Crippen molar-refractivity contribution in [2.75, 3.05) is 13.2 Å². The van der Waals surface area contributed by atoms with E-state index in [1.54, 1.807) is 0 Å². The minimum absolute atomic E-state index is 0.0790. The van der Waals surface area contributed by atoms with Crippen LogP contribution in [0.1, 0.15) is 245 Å². The zero-order valence-electron chi connectivity index (χ0n) is 38.3. The summed E-state index contributed by atoms with van der Waals surface area (Å²) in [6, 6.07) is 0. The molecular weight excluding hydrogens is 721 g/mol. The highest BCUT2D eigenvalue weighted by Gasteiger charge is 2.19. The van der Waals surface area contributed by atoms with Gasteiger partial charge in [0.15, 0.2) is 6.10 Å². The Morgan fingerprint density at radius 2 is 0.655 bits per heavy atom. The Bertz CT molecular complexity index is 1030. The van der Waals surface area contributed by atoms with E-state index in [4.69, 9.17) is 14.2 Å². The fourth-order valence-electron chi connectivity index (χ4n) is 6.80. The van der Waals surface area contributed by atoms with Crippen LogP contribution < -0.4 is 0 Å². The second-order valence-corrected chi connectivity index (χ2v) is 16.4. The van der Waals surface area contributed by atoms with Crippen LogP contribution in [0.3, 0.4) is 0 Å². The maximum atomic E-state index is 12.7. The molecule has 0 aromatic carbocycles. The SMILES string of the molecule is CCC/C=C\C/C=C\CCCCCCCC(=O)OC(COC(=O)CCCCCCCCCC)COC(=O)CCCCCCCCCCC/C=C\C/C=C\CCCCC. The zero-order valence-corrected chi connectivity index (χ0v) is 38.3. The van der Waals surface area contributed by atoms with Gasteiger partial charge in [0, 0.05) is 19.3 Å². The van der Waals surface area contributed by atoms with Crippen LogP contribution in [0.4, 0.5) is 0 Å². The lowest BCUT2D eigenvalue weighted by molar-refractivity contribution is -0.167. The van der Waals surface area contributed by atoms with Gasteiger partial charge in [-0.25, -0.2) is 0 Å². The van der Waals surface area contributed by atoms with Gasteiger partial charge in [-0.2, -0.15) is 0 Å². The Morgan fingerprint density at radius 3 is 1.05 bits per heavy atom. The van der Waals surface area contributed by atoms with Crippen LogP contribution >= 0.6 is 0 Å². The molecule has 0 aromatic heterocycles. The summed E-state index contributed by atoms with van der Waals surface area (Å²) in [5.41, 5.74) is 0. The predicted molar refractivity (Wildman–Crippen MR) is 247 cm³/mol. The Morgan fingerprint density at radius 1 is 0.345 bits per heavy atom. The molecule has 0 spiro atoms. The molecule has 0 aromatic rings. The molecule has 0 amide bonds. The van der Waals surface area contributed by atoms with Crippen molar-refractivity contribution in [3.63, 3.8) is 0 Å². The molecule has 0 fully saturated rings. The molecule has 6 heteroatoms. The first-order chi connectivity index (χ1) is 28.5. The van der Waals surface area contributed by atoms with E-state index >= 15 is 0 Å². The molecule has 0 bridgehead atoms. The molecule has 1 atom stereocenters. The van der Waals surface area contributed by atoms with Crippen LogP contribution in [-0.4, -0.2) is 37.2 Å². The molecule has 336 valence electrons. The number of esters is 3. The Kier molecular flexibility index (Phi) is 44.9. The highest BCUT2D eigenvalue weighted by Crippen LogP contribution is 2.14. The minimum Gasteiger partial charge on any atom is -0.462 e. The second-order valence-electron chi connectivity index (χ2n) is 16.4. The fourth-order valence-corrected chi connectivity index (χ4v) is 6.80. The van der Waals surface area contributed by atoms with Crippen LogP contribution in [0, 0.1) is 0 Å². The summed E-state index contributed by atoms with van der Waals surface area (Å²) in [6.07, 6.45) is 55.3. The summed E-state index contributed by atoms with van der Waals surface area (Å²) in [4.78, 5) is 37.8. The van der Waals surface area contributed by atoms with Gasteiger partial charge in [0.25, 0.3) is 0 Å². The molecule has 0 saturated heterocycles. The average molecular weight is 813 g/mol. The number of unbranched alkanes of at least 4 members (excludes halogenated alkanes) is 25. The van der Waals surface area contributed by atoms with Crippen LogP contribution in [-0.2, 0) is 28.6 Å². The van der Waals surface area contributed by atoms with Crippen LogP contribution in [0.15, 0.2) is 48.6 Å². The maximum Gasteiger partial charge on any atom is 0.306 e. The van der Waals surface area contributed by atoms with E-state index in [9.17, 15) is 14.4 Å². The third-order valence-corrected chi connectivity index (χ3v) is 10.5. The van der Waals surface area contributed by atoms with E-state index in [1.165, 1.54) is 109 Å². The van der Waals surface area contributed by atoms with Crippen molar-refractivity contribution in [2.45, 2.75) is 252 Å². The van der Waals surface area contributed by atoms with E-state index < -0.39 is 6.10 Å². The summed E-state index contributed by atoms with van der Waals surface area (Å²) in [5, 5.41) is 0. The van der Waals surface area contributed by atoms with Crippen molar-refractivity contribution < 1.29 is 28.6 Å². The smallest absolute Gasteiger partial charge is 0.306 e. The van der Waals surface area contributed by atoms with E-state index in [-0.39, 0.29) is 31.1 Å². The lowest BCUT2D eigenvalue weighted by Gasteiger charge is -2.18. The second kappa shape index (κ2) is 47.1. The average Bonchev–Trinajstić information content (AvgIpc) is 3.22. The van der Waals surface area contributed by atoms with Gasteiger partial charge in [0.05, 0.1) is 0 Å². The topological polar surface area (TPSA) is 78.9 Å². The number of ether oxygens (including phenoxy) is 3. The number of allylic oxidation sites excluding steroid dienone is 8. The number of hydrogen-bond acceptors (Lipinski definition) is 6. The van der Waals surface area contributed by atoms with Crippen molar-refractivity contribution in [3.8, 4) is 0 Å². The van der Waals surface area contributed by atoms with Gasteiger partial charge >= 0.3 is 17.9 Å². The van der Waals surface area contributed by atoms with Gasteiger partial charge in [-0.15, -0.1) is 0 Å². The molecule has 6 nitrogen and oxygen atoms in total. The van der Waals surface area contributed by atoms with E-state index in [1.807, 2.05) is 0 Å². The largest absolute Gasteiger partial charge is 0.462 e. The number of carbonyl (C=O) groups excluding carboxylic acids is 3. The Balaban J connectivity index is 4.28. The van der Waals surface area contributed by atoms with Gasteiger partial charge < -0.3 is 14.2 Å². The van der Waals surface area contributed by atoms with Crippen molar-refractivity contribution in [2.24, 2.45) is 0 Å². The summed E-state index contributed by atoms with van der Waals surface area (Å²) in [6.45, 7) is 6.51. The molecule has 0 aliphatic rings. The molecular formula is C52H92O6. The van der Waals surface area contributed by atoms with Crippen molar-refractivity contribution in [1.29, 1.82) is 0 Å². The van der Waals surface area contributed by atoms with Crippen LogP contribution in [0.2, 0.25) is 0 Å². The third-order valence-electron chi connectivity index (χ3n) is 10.5. The lowest BCUT2D eigenvalue weighted by Crippen LogP contribution is -2.30. The van der Waals surface area contributed by atoms with Gasteiger partial charge in [0.1, 0.15) is 13.2 Å².